The van der Waals surface area contributed by atoms with E-state index in [4.69, 9.17) is 0 Å². The van der Waals surface area contributed by atoms with E-state index < -0.39 is 0 Å². The lowest BCUT2D eigenvalue weighted by Gasteiger charge is -2.17. The lowest BCUT2D eigenvalue weighted by Crippen LogP contribution is -2.33. The second-order valence-electron chi connectivity index (χ2n) is 5.21. The minimum absolute atomic E-state index is 0.0276. The number of carbonyl (C=O) groups excluding carboxylic acids is 1. The Hall–Kier alpha value is -1.74. The van der Waals surface area contributed by atoms with Crippen molar-refractivity contribution in [3.8, 4) is 0 Å². The number of benzene rings is 2. The monoisotopic (exact) mass is 299 g/mol. The van der Waals surface area contributed by atoms with E-state index in [1.807, 2.05) is 44.2 Å². The van der Waals surface area contributed by atoms with Crippen LogP contribution >= 0.6 is 11.8 Å². The summed E-state index contributed by atoms with van der Waals surface area (Å²) in [7, 11) is 0. The van der Waals surface area contributed by atoms with E-state index in [-0.39, 0.29) is 17.2 Å². The number of hydrogen-bond donors (Lipinski definition) is 1. The number of nitrogens with one attached hydrogen (secondary N) is 1. The lowest BCUT2D eigenvalue weighted by molar-refractivity contribution is -0.120. The van der Waals surface area contributed by atoms with Gasteiger partial charge in [-0.3, -0.25) is 4.79 Å². The molecule has 0 radical (unpaired) electrons. The van der Waals surface area contributed by atoms with Crippen LogP contribution in [0.2, 0.25) is 0 Å². The first kappa shape index (κ1) is 15.6. The molecule has 21 heavy (non-hydrogen) atoms. The Morgan fingerprint density at radius 3 is 2.24 bits per heavy atom. The van der Waals surface area contributed by atoms with Gasteiger partial charge in [-0.15, -0.1) is 11.8 Å². The van der Waals surface area contributed by atoms with Gasteiger partial charge in [0.2, 0.25) is 5.91 Å². The van der Waals surface area contributed by atoms with Gasteiger partial charge in [0, 0.05) is 4.90 Å². The van der Waals surface area contributed by atoms with Gasteiger partial charge in [0.25, 0.3) is 0 Å². The summed E-state index contributed by atoms with van der Waals surface area (Å²) in [5.74, 6) is 0.0666. The van der Waals surface area contributed by atoms with Crippen LogP contribution in [0.4, 0.5) is 0 Å². The van der Waals surface area contributed by atoms with Crippen LogP contribution < -0.4 is 5.32 Å². The Morgan fingerprint density at radius 1 is 1.00 bits per heavy atom. The van der Waals surface area contributed by atoms with Gasteiger partial charge < -0.3 is 5.32 Å². The summed E-state index contributed by atoms with van der Waals surface area (Å²) in [4.78, 5) is 13.4. The first-order chi connectivity index (χ1) is 10.1. The van der Waals surface area contributed by atoms with Crippen molar-refractivity contribution < 1.29 is 4.79 Å². The SMILES string of the molecule is Cc1ccc(SC(C)C(=O)N[C@H](C)c2ccccc2)cc1. The molecule has 2 atom stereocenters. The molecule has 3 heteroatoms. The normalized spacial score (nSPS) is 13.5. The van der Waals surface area contributed by atoms with Crippen molar-refractivity contribution in [1.29, 1.82) is 0 Å². The molecule has 0 aliphatic carbocycles. The van der Waals surface area contributed by atoms with Crippen molar-refractivity contribution >= 4 is 17.7 Å². The fourth-order valence-corrected chi connectivity index (χ4v) is 2.91. The Kier molecular flexibility index (Phi) is 5.45. The molecule has 0 aliphatic heterocycles. The average Bonchev–Trinajstić information content (AvgIpc) is 2.50. The summed E-state index contributed by atoms with van der Waals surface area (Å²) in [6, 6.07) is 18.3. The fourth-order valence-electron chi connectivity index (χ4n) is 2.03. The molecular weight excluding hydrogens is 278 g/mol. The van der Waals surface area contributed by atoms with E-state index >= 15 is 0 Å². The van der Waals surface area contributed by atoms with Gasteiger partial charge in [0.15, 0.2) is 0 Å². The summed E-state index contributed by atoms with van der Waals surface area (Å²) in [6.07, 6.45) is 0. The second kappa shape index (κ2) is 7.32. The van der Waals surface area contributed by atoms with Crippen molar-refractivity contribution in [2.45, 2.75) is 37.0 Å². The van der Waals surface area contributed by atoms with Gasteiger partial charge in [0.1, 0.15) is 0 Å². The summed E-state index contributed by atoms with van der Waals surface area (Å²) in [5.41, 5.74) is 2.35. The van der Waals surface area contributed by atoms with Gasteiger partial charge >= 0.3 is 0 Å². The van der Waals surface area contributed by atoms with E-state index in [0.717, 1.165) is 10.5 Å². The molecule has 1 unspecified atom stereocenters. The predicted octanol–water partition coefficient (Wildman–Crippen LogP) is 4.35. The number of carbonyl (C=O) groups is 1. The number of thioether (sulfide) groups is 1. The zero-order chi connectivity index (χ0) is 15.2. The minimum Gasteiger partial charge on any atom is -0.349 e. The van der Waals surface area contributed by atoms with Crippen molar-refractivity contribution in [3.05, 3.63) is 65.7 Å². The summed E-state index contributed by atoms with van der Waals surface area (Å²) in [6.45, 7) is 6.01. The third-order valence-electron chi connectivity index (χ3n) is 3.36. The molecule has 110 valence electrons. The third-order valence-corrected chi connectivity index (χ3v) is 4.47. The maximum Gasteiger partial charge on any atom is 0.233 e. The van der Waals surface area contributed by atoms with E-state index in [0.29, 0.717) is 0 Å². The zero-order valence-corrected chi connectivity index (χ0v) is 13.5. The molecular formula is C18H21NOS. The fraction of sp³-hybridized carbons (Fsp3) is 0.278. The Morgan fingerprint density at radius 2 is 1.62 bits per heavy atom. The predicted molar refractivity (Wildman–Crippen MR) is 89.5 cm³/mol. The van der Waals surface area contributed by atoms with E-state index in [1.165, 1.54) is 5.56 Å². The quantitative estimate of drug-likeness (QED) is 0.831. The highest BCUT2D eigenvalue weighted by Gasteiger charge is 2.17. The second-order valence-corrected chi connectivity index (χ2v) is 6.63. The van der Waals surface area contributed by atoms with Crippen LogP contribution in [0.25, 0.3) is 0 Å². The first-order valence-electron chi connectivity index (χ1n) is 7.15. The van der Waals surface area contributed by atoms with Crippen molar-refractivity contribution in [2.75, 3.05) is 0 Å². The average molecular weight is 299 g/mol. The van der Waals surface area contributed by atoms with Gasteiger partial charge in [-0.2, -0.15) is 0 Å². The highest BCUT2D eigenvalue weighted by atomic mass is 32.2. The van der Waals surface area contributed by atoms with Gasteiger partial charge in [-0.05, 0) is 38.5 Å². The molecule has 2 nitrogen and oxygen atoms in total. The molecule has 1 N–H and O–H groups in total. The maximum atomic E-state index is 12.3. The first-order valence-corrected chi connectivity index (χ1v) is 8.03. The van der Waals surface area contributed by atoms with Crippen LogP contribution in [0.5, 0.6) is 0 Å². The molecule has 2 aromatic carbocycles. The molecule has 0 saturated heterocycles. The molecule has 0 bridgehead atoms. The van der Waals surface area contributed by atoms with Crippen LogP contribution in [0.15, 0.2) is 59.5 Å². The molecule has 0 fully saturated rings. The van der Waals surface area contributed by atoms with E-state index in [2.05, 4.69) is 36.5 Å². The number of aryl methyl sites for hydroxylation is 1. The van der Waals surface area contributed by atoms with Crippen LogP contribution in [-0.2, 0) is 4.79 Å². The van der Waals surface area contributed by atoms with E-state index in [9.17, 15) is 4.79 Å². The maximum absolute atomic E-state index is 12.3. The molecule has 0 heterocycles. The summed E-state index contributed by atoms with van der Waals surface area (Å²) >= 11 is 1.59. The highest BCUT2D eigenvalue weighted by Crippen LogP contribution is 2.24. The molecule has 0 aromatic heterocycles. The Labute approximate surface area is 131 Å². The number of amides is 1. The molecule has 0 saturated carbocycles. The van der Waals surface area contributed by atoms with Gasteiger partial charge in [0.05, 0.1) is 11.3 Å². The Balaban J connectivity index is 1.92. The van der Waals surface area contributed by atoms with Crippen LogP contribution in [0, 0.1) is 6.92 Å². The van der Waals surface area contributed by atoms with E-state index in [1.54, 1.807) is 11.8 Å². The highest BCUT2D eigenvalue weighted by molar-refractivity contribution is 8.00. The molecule has 2 aromatic rings. The largest absolute Gasteiger partial charge is 0.349 e. The number of hydrogen-bond acceptors (Lipinski definition) is 2. The zero-order valence-electron chi connectivity index (χ0n) is 12.7. The summed E-state index contributed by atoms with van der Waals surface area (Å²) < 4.78 is 0. The van der Waals surface area contributed by atoms with Crippen LogP contribution in [0.3, 0.4) is 0 Å². The standard InChI is InChI=1S/C18H21NOS/c1-13-9-11-17(12-10-13)21-15(3)18(20)19-14(2)16-7-5-4-6-8-16/h4-12,14-15H,1-3H3,(H,19,20)/t14-,15?/m1/s1. The van der Waals surface area contributed by atoms with Crippen LogP contribution in [0.1, 0.15) is 31.0 Å². The third kappa shape index (κ3) is 4.64. The topological polar surface area (TPSA) is 29.1 Å². The van der Waals surface area contributed by atoms with Gasteiger partial charge in [-0.1, -0.05) is 48.0 Å². The minimum atomic E-state index is -0.112. The van der Waals surface area contributed by atoms with Gasteiger partial charge in [-0.25, -0.2) is 0 Å². The smallest absolute Gasteiger partial charge is 0.233 e. The molecule has 0 aliphatic rings. The Bertz CT molecular complexity index is 580. The van der Waals surface area contributed by atoms with Crippen LogP contribution in [-0.4, -0.2) is 11.2 Å². The van der Waals surface area contributed by atoms with Crippen molar-refractivity contribution in [2.24, 2.45) is 0 Å². The molecule has 0 spiro atoms. The lowest BCUT2D eigenvalue weighted by atomic mass is 10.1. The molecule has 2 rings (SSSR count). The number of rotatable bonds is 5. The van der Waals surface area contributed by atoms with Crippen molar-refractivity contribution in [1.82, 2.24) is 5.32 Å². The molecule has 1 amide bonds. The summed E-state index contributed by atoms with van der Waals surface area (Å²) in [5, 5.41) is 2.96. The van der Waals surface area contributed by atoms with Crippen molar-refractivity contribution in [3.63, 3.8) is 0 Å².